The van der Waals surface area contributed by atoms with Crippen LogP contribution in [0.4, 0.5) is 22.3 Å². The summed E-state index contributed by atoms with van der Waals surface area (Å²) in [5, 5.41) is 11.3. The van der Waals surface area contributed by atoms with E-state index in [-0.39, 0.29) is 5.88 Å². The highest BCUT2D eigenvalue weighted by atomic mass is 16.5. The van der Waals surface area contributed by atoms with E-state index in [0.717, 1.165) is 32.1 Å². The van der Waals surface area contributed by atoms with E-state index >= 15 is 0 Å². The molecule has 2 amide bonds. The molecule has 4 rings (SSSR count). The van der Waals surface area contributed by atoms with Crippen molar-refractivity contribution < 1.29 is 14.1 Å². The zero-order chi connectivity index (χ0) is 18.5. The van der Waals surface area contributed by atoms with Crippen LogP contribution in [0.5, 0.6) is 0 Å². The second kappa shape index (κ2) is 7.68. The summed E-state index contributed by atoms with van der Waals surface area (Å²) < 4.78 is 5.20. The number of anilines is 3. The van der Waals surface area contributed by atoms with E-state index in [9.17, 15) is 4.79 Å². The number of benzene rings is 1. The molecule has 1 fully saturated rings. The Kier molecular flexibility index (Phi) is 4.77. The molecule has 0 saturated carbocycles. The lowest BCUT2D eigenvalue weighted by atomic mass is 10.3. The number of urea groups is 1. The van der Waals surface area contributed by atoms with Gasteiger partial charge in [0.1, 0.15) is 0 Å². The van der Waals surface area contributed by atoms with Gasteiger partial charge in [-0.25, -0.2) is 14.8 Å². The minimum Gasteiger partial charge on any atom is -0.337 e. The molecule has 1 saturated heterocycles. The Bertz CT molecular complexity index is 878. The molecule has 1 aliphatic heterocycles. The van der Waals surface area contributed by atoms with E-state index < -0.39 is 6.03 Å². The Hall–Kier alpha value is -3.69. The van der Waals surface area contributed by atoms with Crippen molar-refractivity contribution in [1.29, 1.82) is 0 Å². The number of nitrogens with one attached hydrogen (secondary N) is 2. The number of nitrogens with zero attached hydrogens (tertiary/aromatic N) is 6. The summed E-state index contributed by atoms with van der Waals surface area (Å²) in [7, 11) is 0. The lowest BCUT2D eigenvalue weighted by molar-refractivity contribution is -0.758. The van der Waals surface area contributed by atoms with Crippen LogP contribution in [0.1, 0.15) is 0 Å². The largest absolute Gasteiger partial charge is 0.337 e. The minimum absolute atomic E-state index is 0.261. The van der Waals surface area contributed by atoms with Gasteiger partial charge in [-0.05, 0) is 18.2 Å². The van der Waals surface area contributed by atoms with Crippen LogP contribution in [0.3, 0.4) is 0 Å². The Balaban J connectivity index is 1.31. The van der Waals surface area contributed by atoms with Gasteiger partial charge in [0.15, 0.2) is 0 Å². The maximum Gasteiger partial charge on any atom is 0.326 e. The van der Waals surface area contributed by atoms with Gasteiger partial charge in [0.05, 0.1) is 17.9 Å². The standard InChI is InChI=1S/C17H18N8O2/c26-17(20-14-5-2-1-3-6-14)21-15-13-25(22-27-15)24-11-9-23(10-12-24)16-18-7-4-8-19-16/h1-8,13H,9-12H2,(H-,20,21,22,26)/p+1. The van der Waals surface area contributed by atoms with Crippen LogP contribution in [-0.2, 0) is 0 Å². The first-order valence-electron chi connectivity index (χ1n) is 8.57. The maximum atomic E-state index is 12.0. The van der Waals surface area contributed by atoms with Crippen LogP contribution in [0.2, 0.25) is 0 Å². The lowest BCUT2D eigenvalue weighted by Gasteiger charge is -2.29. The Morgan fingerprint density at radius 3 is 2.48 bits per heavy atom. The monoisotopic (exact) mass is 367 g/mol. The zero-order valence-corrected chi connectivity index (χ0v) is 14.5. The molecule has 0 bridgehead atoms. The van der Waals surface area contributed by atoms with E-state index in [1.54, 1.807) is 41.6 Å². The third kappa shape index (κ3) is 4.11. The fourth-order valence-electron chi connectivity index (χ4n) is 2.78. The minimum atomic E-state index is -0.393. The summed E-state index contributed by atoms with van der Waals surface area (Å²) in [6.07, 6.45) is 5.11. The number of rotatable bonds is 4. The highest BCUT2D eigenvalue weighted by molar-refractivity contribution is 5.98. The average molecular weight is 367 g/mol. The van der Waals surface area contributed by atoms with Gasteiger partial charge >= 0.3 is 11.9 Å². The molecule has 3 aromatic rings. The van der Waals surface area contributed by atoms with Crippen molar-refractivity contribution in [2.75, 3.05) is 46.7 Å². The maximum absolute atomic E-state index is 12.0. The quantitative estimate of drug-likeness (QED) is 0.659. The average Bonchev–Trinajstić information content (AvgIpc) is 3.18. The Labute approximate surface area is 155 Å². The smallest absolute Gasteiger partial charge is 0.326 e. The van der Waals surface area contributed by atoms with E-state index in [0.29, 0.717) is 5.69 Å². The lowest BCUT2D eigenvalue weighted by Crippen LogP contribution is -2.65. The second-order valence-corrected chi connectivity index (χ2v) is 5.92. The molecule has 1 aromatic carbocycles. The number of piperazine rings is 1. The molecule has 1 aliphatic rings. The first kappa shape index (κ1) is 16.8. The van der Waals surface area contributed by atoms with Crippen LogP contribution < -0.4 is 25.3 Å². The van der Waals surface area contributed by atoms with Gasteiger partial charge in [-0.2, -0.15) is 0 Å². The van der Waals surface area contributed by atoms with Gasteiger partial charge in [-0.3, -0.25) is 9.84 Å². The highest BCUT2D eigenvalue weighted by Gasteiger charge is 2.27. The van der Waals surface area contributed by atoms with Crippen molar-refractivity contribution in [2.45, 2.75) is 0 Å². The van der Waals surface area contributed by atoms with E-state index in [1.807, 2.05) is 23.2 Å². The zero-order valence-electron chi connectivity index (χ0n) is 14.5. The molecule has 0 spiro atoms. The molecule has 0 radical (unpaired) electrons. The van der Waals surface area contributed by atoms with Gasteiger partial charge in [-0.1, -0.05) is 18.2 Å². The van der Waals surface area contributed by atoms with Gasteiger partial charge in [0.2, 0.25) is 11.2 Å². The predicted octanol–water partition coefficient (Wildman–Crippen LogP) is 0.854. The molecule has 0 atom stereocenters. The van der Waals surface area contributed by atoms with E-state index in [4.69, 9.17) is 4.52 Å². The second-order valence-electron chi connectivity index (χ2n) is 5.92. The van der Waals surface area contributed by atoms with Gasteiger partial charge in [-0.15, -0.1) is 5.01 Å². The van der Waals surface area contributed by atoms with E-state index in [1.165, 1.54) is 0 Å². The molecule has 0 aliphatic carbocycles. The summed E-state index contributed by atoms with van der Waals surface area (Å²) in [6, 6.07) is 10.6. The molecule has 3 heterocycles. The molecular formula is C17H19N8O2+. The number of aromatic nitrogens is 4. The van der Waals surface area contributed by atoms with Crippen LogP contribution >= 0.6 is 0 Å². The summed E-state index contributed by atoms with van der Waals surface area (Å²) in [5.74, 6) is 0.986. The van der Waals surface area contributed by atoms with Crippen molar-refractivity contribution in [3.8, 4) is 0 Å². The molecule has 27 heavy (non-hydrogen) atoms. The molecule has 10 nitrogen and oxygen atoms in total. The molecule has 138 valence electrons. The number of carbonyl (C=O) groups excluding carboxylic acids is 1. The van der Waals surface area contributed by atoms with Gasteiger partial charge < -0.3 is 10.2 Å². The van der Waals surface area contributed by atoms with Crippen molar-refractivity contribution in [1.82, 2.24) is 15.2 Å². The highest BCUT2D eigenvalue weighted by Crippen LogP contribution is 2.09. The first-order chi connectivity index (χ1) is 13.3. The fraction of sp³-hybridized carbons (Fsp3) is 0.235. The number of carbonyl (C=O) groups is 1. The molecule has 2 N–H and O–H groups in total. The third-order valence-electron chi connectivity index (χ3n) is 4.10. The van der Waals surface area contributed by atoms with Crippen molar-refractivity contribution in [2.24, 2.45) is 0 Å². The Morgan fingerprint density at radius 1 is 1.00 bits per heavy atom. The number of para-hydroxylation sites is 1. The third-order valence-corrected chi connectivity index (χ3v) is 4.10. The predicted molar refractivity (Wildman–Crippen MR) is 98.0 cm³/mol. The molecular weight excluding hydrogens is 348 g/mol. The van der Waals surface area contributed by atoms with Gasteiger partial charge in [0, 0.05) is 31.2 Å². The van der Waals surface area contributed by atoms with Gasteiger partial charge in [0.25, 0.3) is 6.20 Å². The molecule has 0 unspecified atom stereocenters. The normalized spacial score (nSPS) is 14.1. The molecule has 2 aromatic heterocycles. The summed E-state index contributed by atoms with van der Waals surface area (Å²) in [5.41, 5.74) is 0.696. The van der Waals surface area contributed by atoms with Crippen molar-refractivity contribution in [3.05, 3.63) is 55.0 Å². The molecule has 10 heteroatoms. The number of hydrogen-bond acceptors (Lipinski definition) is 7. The topological polar surface area (TPSA) is 103 Å². The summed E-state index contributed by atoms with van der Waals surface area (Å²) in [4.78, 5) is 24.3. The SMILES string of the molecule is O=C(Nc1ccccc1)Nc1c[n+](N2CCN(c3ncccn3)CC2)no1. The number of amides is 2. The first-order valence-corrected chi connectivity index (χ1v) is 8.57. The summed E-state index contributed by atoms with van der Waals surface area (Å²) in [6.45, 7) is 2.98. The van der Waals surface area contributed by atoms with Crippen LogP contribution in [0.25, 0.3) is 0 Å². The summed E-state index contributed by atoms with van der Waals surface area (Å²) >= 11 is 0. The van der Waals surface area contributed by atoms with Crippen molar-refractivity contribution >= 4 is 23.6 Å². The Morgan fingerprint density at radius 2 is 1.74 bits per heavy atom. The fourth-order valence-corrected chi connectivity index (χ4v) is 2.78. The van der Waals surface area contributed by atoms with Crippen LogP contribution in [0, 0.1) is 0 Å². The van der Waals surface area contributed by atoms with Crippen LogP contribution in [0.15, 0.2) is 59.5 Å². The van der Waals surface area contributed by atoms with Crippen molar-refractivity contribution in [3.63, 3.8) is 0 Å². The van der Waals surface area contributed by atoms with E-state index in [2.05, 4.69) is 30.8 Å². The van der Waals surface area contributed by atoms with Crippen LogP contribution in [-0.4, -0.2) is 47.4 Å². The number of hydrogen-bond donors (Lipinski definition) is 2.